The van der Waals surface area contributed by atoms with Gasteiger partial charge in [0.2, 0.25) is 11.8 Å². The lowest BCUT2D eigenvalue weighted by molar-refractivity contribution is -0.123. The molecule has 7 rings (SSSR count). The first-order valence-electron chi connectivity index (χ1n) is 11.3. The van der Waals surface area contributed by atoms with Crippen LogP contribution in [0, 0.1) is 35.5 Å². The van der Waals surface area contributed by atoms with Crippen LogP contribution in [-0.4, -0.2) is 11.8 Å². The molecule has 1 saturated heterocycles. The Labute approximate surface area is 186 Å². The van der Waals surface area contributed by atoms with E-state index in [1.165, 1.54) is 40.9 Å². The molecule has 2 aromatic rings. The number of hydrogen-bond acceptors (Lipinski definition) is 2. The second-order valence-corrected chi connectivity index (χ2v) is 10.1. The molecule has 0 unspecified atom stereocenters. The van der Waals surface area contributed by atoms with Gasteiger partial charge in [-0.1, -0.05) is 64.7 Å². The topological polar surface area (TPSA) is 37.4 Å². The van der Waals surface area contributed by atoms with Crippen LogP contribution < -0.4 is 4.90 Å². The third-order valence-corrected chi connectivity index (χ3v) is 8.62. The minimum atomic E-state index is -0.241. The monoisotopic (exact) mass is 427 g/mol. The average Bonchev–Trinajstić information content (AvgIpc) is 3.57. The summed E-state index contributed by atoms with van der Waals surface area (Å²) in [5.41, 5.74) is 6.16. The van der Waals surface area contributed by atoms with E-state index in [0.29, 0.717) is 17.5 Å². The maximum atomic E-state index is 13.7. The highest BCUT2D eigenvalue weighted by Crippen LogP contribution is 2.70. The van der Waals surface area contributed by atoms with Crippen LogP contribution in [0.5, 0.6) is 0 Å². The number of halogens is 1. The van der Waals surface area contributed by atoms with Crippen molar-refractivity contribution < 1.29 is 9.59 Å². The van der Waals surface area contributed by atoms with Crippen molar-refractivity contribution >= 4 is 35.2 Å². The third kappa shape index (κ3) is 2.25. The first-order valence-corrected chi connectivity index (χ1v) is 11.6. The van der Waals surface area contributed by atoms with Gasteiger partial charge in [-0.2, -0.15) is 0 Å². The highest BCUT2D eigenvalue weighted by Gasteiger charge is 2.69. The smallest absolute Gasteiger partial charge is 0.238 e. The van der Waals surface area contributed by atoms with Crippen molar-refractivity contribution in [2.45, 2.75) is 19.3 Å². The van der Waals surface area contributed by atoms with Crippen molar-refractivity contribution in [3.8, 4) is 0 Å². The van der Waals surface area contributed by atoms with Gasteiger partial charge in [0.15, 0.2) is 0 Å². The number of carbonyl (C=O) groups excluding carboxylic acids is 2. The Bertz CT molecular complexity index is 1150. The quantitative estimate of drug-likeness (QED) is 0.359. The number of carbonyl (C=O) groups is 2. The summed E-state index contributed by atoms with van der Waals surface area (Å²) in [5.74, 6) is 0.914. The van der Waals surface area contributed by atoms with Crippen molar-refractivity contribution in [2.24, 2.45) is 35.5 Å². The van der Waals surface area contributed by atoms with Gasteiger partial charge in [0, 0.05) is 16.9 Å². The molecule has 0 aromatic heterocycles. The first kappa shape index (κ1) is 18.0. The number of imide groups is 1. The van der Waals surface area contributed by atoms with Crippen molar-refractivity contribution in [1.82, 2.24) is 0 Å². The van der Waals surface area contributed by atoms with E-state index in [4.69, 9.17) is 11.6 Å². The van der Waals surface area contributed by atoms with Crippen LogP contribution in [-0.2, 0) is 9.59 Å². The van der Waals surface area contributed by atoms with Gasteiger partial charge in [0.25, 0.3) is 0 Å². The molecule has 0 spiro atoms. The van der Waals surface area contributed by atoms with E-state index in [1.54, 1.807) is 0 Å². The Morgan fingerprint density at radius 1 is 0.806 bits per heavy atom. The van der Waals surface area contributed by atoms with Gasteiger partial charge in [-0.25, -0.2) is 4.90 Å². The summed E-state index contributed by atoms with van der Waals surface area (Å²) < 4.78 is 0. The van der Waals surface area contributed by atoms with E-state index >= 15 is 0 Å². The first-order chi connectivity index (χ1) is 15.1. The highest BCUT2D eigenvalue weighted by molar-refractivity contribution is 6.30. The predicted molar refractivity (Wildman–Crippen MR) is 120 cm³/mol. The van der Waals surface area contributed by atoms with Crippen LogP contribution in [0.4, 0.5) is 5.69 Å². The van der Waals surface area contributed by atoms with Crippen LogP contribution >= 0.6 is 11.6 Å². The molecule has 1 heterocycles. The molecule has 3 nitrogen and oxygen atoms in total. The molecule has 0 N–H and O–H groups in total. The number of amides is 2. The number of allylic oxidation sites excluding steroid dienone is 3. The second-order valence-electron chi connectivity index (χ2n) is 9.67. The van der Waals surface area contributed by atoms with Gasteiger partial charge in [-0.05, 0) is 60.9 Å². The van der Waals surface area contributed by atoms with E-state index in [9.17, 15) is 9.59 Å². The number of nitrogens with zero attached hydrogens (tertiary/aromatic N) is 1. The molecule has 2 saturated carbocycles. The largest absolute Gasteiger partial charge is 0.274 e. The molecule has 1 aliphatic heterocycles. The fourth-order valence-electron chi connectivity index (χ4n) is 7.42. The molecule has 0 radical (unpaired) electrons. The number of benzene rings is 2. The molecule has 4 bridgehead atoms. The molecular formula is C27H22ClNO2. The molecule has 2 aromatic carbocycles. The average molecular weight is 428 g/mol. The summed E-state index contributed by atoms with van der Waals surface area (Å²) >= 11 is 6.09. The fourth-order valence-corrected chi connectivity index (χ4v) is 7.54. The van der Waals surface area contributed by atoms with E-state index < -0.39 is 0 Å². The van der Waals surface area contributed by atoms with Crippen molar-refractivity contribution in [3.63, 3.8) is 0 Å². The van der Waals surface area contributed by atoms with Crippen LogP contribution in [0.1, 0.15) is 24.8 Å². The summed E-state index contributed by atoms with van der Waals surface area (Å²) in [6.07, 6.45) is 5.96. The second kappa shape index (κ2) is 6.20. The minimum absolute atomic E-state index is 0.00923. The minimum Gasteiger partial charge on any atom is -0.274 e. The van der Waals surface area contributed by atoms with E-state index in [0.717, 1.165) is 10.6 Å². The van der Waals surface area contributed by atoms with Gasteiger partial charge in [-0.15, -0.1) is 0 Å². The number of para-hydroxylation sites is 1. The SMILES string of the molecule is O=C1[C@@H]2[C@H]3C(=Cc4ccc(Cl)cc4)[C@@H](C4=C3[C@H]3CC[C@H]4C3)[C@@H]2C(=O)N1c1ccccc1. The van der Waals surface area contributed by atoms with Crippen molar-refractivity contribution in [1.29, 1.82) is 0 Å². The summed E-state index contributed by atoms with van der Waals surface area (Å²) in [7, 11) is 0. The maximum Gasteiger partial charge on any atom is 0.238 e. The van der Waals surface area contributed by atoms with E-state index in [-0.39, 0.29) is 35.5 Å². The molecule has 154 valence electrons. The van der Waals surface area contributed by atoms with Crippen molar-refractivity contribution in [2.75, 3.05) is 4.90 Å². The zero-order valence-corrected chi connectivity index (χ0v) is 17.8. The summed E-state index contributed by atoms with van der Waals surface area (Å²) in [4.78, 5) is 28.8. The number of anilines is 1. The van der Waals surface area contributed by atoms with E-state index in [2.05, 4.69) is 6.08 Å². The molecule has 5 aliphatic rings. The normalized spacial score (nSPS) is 36.2. The summed E-state index contributed by atoms with van der Waals surface area (Å²) in [5, 5.41) is 0.718. The number of hydrogen-bond donors (Lipinski definition) is 0. The van der Waals surface area contributed by atoms with E-state index in [1.807, 2.05) is 54.6 Å². The summed E-state index contributed by atoms with van der Waals surface area (Å²) in [6, 6.07) is 17.3. The lowest BCUT2D eigenvalue weighted by Crippen LogP contribution is -2.33. The zero-order valence-electron chi connectivity index (χ0n) is 17.0. The molecular weight excluding hydrogens is 406 g/mol. The molecule has 2 amide bonds. The van der Waals surface area contributed by atoms with Gasteiger partial charge in [0.1, 0.15) is 0 Å². The Balaban J connectivity index is 1.36. The zero-order chi connectivity index (χ0) is 20.9. The molecule has 31 heavy (non-hydrogen) atoms. The van der Waals surface area contributed by atoms with Crippen molar-refractivity contribution in [3.05, 3.63) is 81.9 Å². The van der Waals surface area contributed by atoms with Gasteiger partial charge in [0.05, 0.1) is 17.5 Å². The molecule has 4 aliphatic carbocycles. The number of rotatable bonds is 2. The Hall–Kier alpha value is -2.65. The molecule has 3 fully saturated rings. The maximum absolute atomic E-state index is 13.7. The highest BCUT2D eigenvalue weighted by atomic mass is 35.5. The standard InChI is InChI=1S/C27H22ClNO2/c28-17-10-6-14(7-11-17)12-19-22-20-15-8-9-16(13-15)21(20)23(19)25-24(22)26(30)29(27(25)31)18-4-2-1-3-5-18/h1-7,10-12,15-16,22-25H,8-9,13H2/t15-,16-,22-,23-,24-,25+/m0/s1. The molecule has 4 heteroatoms. The fraction of sp³-hybridized carbons (Fsp3) is 0.333. The lowest BCUT2D eigenvalue weighted by Gasteiger charge is -2.28. The Morgan fingerprint density at radius 2 is 1.39 bits per heavy atom. The number of fused-ring (bicyclic) bond motifs is 11. The predicted octanol–water partition coefficient (Wildman–Crippen LogP) is 5.52. The van der Waals surface area contributed by atoms with Crippen LogP contribution in [0.15, 0.2) is 71.3 Å². The summed E-state index contributed by atoms with van der Waals surface area (Å²) in [6.45, 7) is 0. The third-order valence-electron chi connectivity index (χ3n) is 8.37. The van der Waals surface area contributed by atoms with Gasteiger partial charge >= 0.3 is 0 Å². The van der Waals surface area contributed by atoms with Crippen LogP contribution in [0.2, 0.25) is 5.02 Å². The lowest BCUT2D eigenvalue weighted by atomic mass is 9.72. The Kier molecular flexibility index (Phi) is 3.59. The Morgan fingerprint density at radius 3 is 1.97 bits per heavy atom. The van der Waals surface area contributed by atoms with Gasteiger partial charge in [-0.3, -0.25) is 9.59 Å². The van der Waals surface area contributed by atoms with Crippen LogP contribution in [0.3, 0.4) is 0 Å². The van der Waals surface area contributed by atoms with Gasteiger partial charge < -0.3 is 0 Å². The molecule has 6 atom stereocenters. The van der Waals surface area contributed by atoms with Crippen LogP contribution in [0.25, 0.3) is 6.08 Å².